The molecule has 1 fully saturated rings. The van der Waals surface area contributed by atoms with Crippen LogP contribution in [0.3, 0.4) is 0 Å². The van der Waals surface area contributed by atoms with Crippen LogP contribution < -0.4 is 11.5 Å². The molecule has 12 heavy (non-hydrogen) atoms. The lowest BCUT2D eigenvalue weighted by Crippen LogP contribution is -2.46. The smallest absolute Gasteiger partial charge is 0.404 e. The fourth-order valence-electron chi connectivity index (χ4n) is 0.999. The molecule has 5 nitrogen and oxygen atoms in total. The monoisotopic (exact) mass is 196 g/mol. The minimum atomic E-state index is -0.795. The number of primary amides is 1. The molecule has 0 radical (unpaired) electrons. The molecule has 1 saturated heterocycles. The predicted molar refractivity (Wildman–Crippen MR) is 45.1 cm³/mol. The highest BCUT2D eigenvalue weighted by molar-refractivity contribution is 5.85. The van der Waals surface area contributed by atoms with Gasteiger partial charge in [0.25, 0.3) is 0 Å². The topological polar surface area (TPSA) is 87.6 Å². The van der Waals surface area contributed by atoms with Crippen molar-refractivity contribution in [1.82, 2.24) is 0 Å². The molecule has 0 aliphatic carbocycles. The summed E-state index contributed by atoms with van der Waals surface area (Å²) in [5, 5.41) is 0. The van der Waals surface area contributed by atoms with Crippen molar-refractivity contribution < 1.29 is 14.3 Å². The SMILES string of the molecule is Cl.NC(=O)O[C@@H]1COCC[C@H]1N. The normalized spacial score (nSPS) is 28.8. The van der Waals surface area contributed by atoms with Gasteiger partial charge in [0.15, 0.2) is 0 Å². The van der Waals surface area contributed by atoms with E-state index < -0.39 is 6.09 Å². The Morgan fingerprint density at radius 1 is 1.58 bits per heavy atom. The second-order valence-corrected chi connectivity index (χ2v) is 2.50. The highest BCUT2D eigenvalue weighted by Gasteiger charge is 2.24. The van der Waals surface area contributed by atoms with Crippen molar-refractivity contribution in [3.63, 3.8) is 0 Å². The average molecular weight is 197 g/mol. The van der Waals surface area contributed by atoms with Crippen LogP contribution in [0.1, 0.15) is 6.42 Å². The molecule has 1 aliphatic heterocycles. The fourth-order valence-corrected chi connectivity index (χ4v) is 0.999. The molecule has 0 bridgehead atoms. The van der Waals surface area contributed by atoms with Crippen LogP contribution in [-0.2, 0) is 9.47 Å². The third-order valence-corrected chi connectivity index (χ3v) is 1.62. The maximum atomic E-state index is 10.3. The van der Waals surface area contributed by atoms with E-state index in [0.717, 1.165) is 0 Å². The van der Waals surface area contributed by atoms with E-state index in [9.17, 15) is 4.79 Å². The summed E-state index contributed by atoms with van der Waals surface area (Å²) in [5.41, 5.74) is 10.4. The van der Waals surface area contributed by atoms with Crippen LogP contribution in [0.15, 0.2) is 0 Å². The van der Waals surface area contributed by atoms with E-state index in [1.807, 2.05) is 0 Å². The van der Waals surface area contributed by atoms with Gasteiger partial charge in [-0.25, -0.2) is 4.79 Å². The third-order valence-electron chi connectivity index (χ3n) is 1.62. The van der Waals surface area contributed by atoms with Crippen LogP contribution in [0.2, 0.25) is 0 Å². The molecule has 0 aromatic heterocycles. The van der Waals surface area contributed by atoms with Gasteiger partial charge in [-0.2, -0.15) is 0 Å². The quantitative estimate of drug-likeness (QED) is 0.599. The van der Waals surface area contributed by atoms with Gasteiger partial charge >= 0.3 is 6.09 Å². The summed E-state index contributed by atoms with van der Waals surface area (Å²) in [7, 11) is 0. The van der Waals surface area contributed by atoms with E-state index >= 15 is 0 Å². The Balaban J connectivity index is 0.00000121. The van der Waals surface area contributed by atoms with Gasteiger partial charge in [-0.1, -0.05) is 0 Å². The Hall–Kier alpha value is -0.520. The molecule has 0 aromatic carbocycles. The van der Waals surface area contributed by atoms with Gasteiger partial charge in [-0.3, -0.25) is 0 Å². The maximum Gasteiger partial charge on any atom is 0.404 e. The van der Waals surface area contributed by atoms with E-state index in [2.05, 4.69) is 0 Å². The molecule has 6 heteroatoms. The van der Waals surface area contributed by atoms with Crippen molar-refractivity contribution in [2.45, 2.75) is 18.6 Å². The molecule has 72 valence electrons. The van der Waals surface area contributed by atoms with Crippen molar-refractivity contribution in [3.8, 4) is 0 Å². The first-order valence-electron chi connectivity index (χ1n) is 3.49. The van der Waals surface area contributed by atoms with E-state index in [4.69, 9.17) is 20.9 Å². The van der Waals surface area contributed by atoms with Crippen molar-refractivity contribution in [2.75, 3.05) is 13.2 Å². The number of ether oxygens (including phenoxy) is 2. The zero-order valence-electron chi connectivity index (χ0n) is 6.56. The number of halogens is 1. The Labute approximate surface area is 76.8 Å². The van der Waals surface area contributed by atoms with Crippen LogP contribution in [0, 0.1) is 0 Å². The van der Waals surface area contributed by atoms with E-state index in [1.54, 1.807) is 0 Å². The number of carbonyl (C=O) groups excluding carboxylic acids is 1. The van der Waals surface area contributed by atoms with Gasteiger partial charge in [0, 0.05) is 12.6 Å². The first kappa shape index (κ1) is 11.5. The van der Waals surface area contributed by atoms with Gasteiger partial charge in [-0.15, -0.1) is 12.4 Å². The van der Waals surface area contributed by atoms with Gasteiger partial charge in [-0.05, 0) is 6.42 Å². The van der Waals surface area contributed by atoms with Gasteiger partial charge in [0.05, 0.1) is 6.61 Å². The molecule has 1 aliphatic rings. The number of hydrogen-bond acceptors (Lipinski definition) is 4. The summed E-state index contributed by atoms with van der Waals surface area (Å²) < 4.78 is 9.73. The Bertz CT molecular complexity index is 156. The Kier molecular flexibility index (Phi) is 4.96. The predicted octanol–water partition coefficient (Wildman–Crippen LogP) is -0.380. The number of rotatable bonds is 1. The van der Waals surface area contributed by atoms with Crippen LogP contribution in [0.4, 0.5) is 4.79 Å². The summed E-state index contributed by atoms with van der Waals surface area (Å²) in [6, 6.07) is -0.142. The molecular formula is C6H13ClN2O3. The molecule has 0 saturated carbocycles. The number of nitrogens with two attached hydrogens (primary N) is 2. The van der Waals surface area contributed by atoms with Crippen LogP contribution in [0.5, 0.6) is 0 Å². The largest absolute Gasteiger partial charge is 0.442 e. The molecule has 0 spiro atoms. The fraction of sp³-hybridized carbons (Fsp3) is 0.833. The van der Waals surface area contributed by atoms with E-state index in [1.165, 1.54) is 0 Å². The number of carbonyl (C=O) groups is 1. The van der Waals surface area contributed by atoms with E-state index in [-0.39, 0.29) is 24.6 Å². The first-order chi connectivity index (χ1) is 5.20. The molecule has 0 aromatic rings. The highest BCUT2D eigenvalue weighted by Crippen LogP contribution is 2.08. The summed E-state index contributed by atoms with van der Waals surface area (Å²) in [6.07, 6.45) is -0.463. The minimum Gasteiger partial charge on any atom is -0.442 e. The first-order valence-corrected chi connectivity index (χ1v) is 3.49. The summed E-state index contributed by atoms with van der Waals surface area (Å²) >= 11 is 0. The van der Waals surface area contributed by atoms with Crippen LogP contribution in [-0.4, -0.2) is 31.5 Å². The molecular weight excluding hydrogens is 184 g/mol. The zero-order valence-corrected chi connectivity index (χ0v) is 7.38. The van der Waals surface area contributed by atoms with Crippen molar-refractivity contribution in [2.24, 2.45) is 11.5 Å². The summed E-state index contributed by atoms with van der Waals surface area (Å²) in [6.45, 7) is 0.976. The minimum absolute atomic E-state index is 0. The molecule has 1 amide bonds. The summed E-state index contributed by atoms with van der Waals surface area (Å²) in [5.74, 6) is 0. The van der Waals surface area contributed by atoms with Gasteiger partial charge in [0.1, 0.15) is 6.10 Å². The second kappa shape index (κ2) is 5.18. The second-order valence-electron chi connectivity index (χ2n) is 2.50. The van der Waals surface area contributed by atoms with Crippen LogP contribution >= 0.6 is 12.4 Å². The highest BCUT2D eigenvalue weighted by atomic mass is 35.5. The standard InChI is InChI=1S/C6H12N2O3.ClH/c7-4-1-2-10-3-5(4)11-6(8)9;/h4-5H,1-3,7H2,(H2,8,9);1H/t4-,5-;/m1./s1. The summed E-state index contributed by atoms with van der Waals surface area (Å²) in [4.78, 5) is 10.3. The zero-order chi connectivity index (χ0) is 8.27. The molecule has 1 rings (SSSR count). The Morgan fingerprint density at radius 3 is 2.75 bits per heavy atom. The molecule has 0 unspecified atom stereocenters. The Morgan fingerprint density at radius 2 is 2.25 bits per heavy atom. The lowest BCUT2D eigenvalue weighted by Gasteiger charge is -2.27. The number of hydrogen-bond donors (Lipinski definition) is 2. The van der Waals surface area contributed by atoms with Crippen molar-refractivity contribution in [3.05, 3.63) is 0 Å². The molecule has 1 heterocycles. The molecule has 4 N–H and O–H groups in total. The maximum absolute atomic E-state index is 10.3. The van der Waals surface area contributed by atoms with Gasteiger partial charge in [0.2, 0.25) is 0 Å². The molecule has 2 atom stereocenters. The van der Waals surface area contributed by atoms with E-state index in [0.29, 0.717) is 19.6 Å². The average Bonchev–Trinajstić information content (AvgIpc) is 1.93. The third kappa shape index (κ3) is 3.25. The van der Waals surface area contributed by atoms with Crippen LogP contribution in [0.25, 0.3) is 0 Å². The van der Waals surface area contributed by atoms with Gasteiger partial charge < -0.3 is 20.9 Å². The lowest BCUT2D eigenvalue weighted by molar-refractivity contribution is -0.0255. The van der Waals surface area contributed by atoms with Crippen molar-refractivity contribution in [1.29, 1.82) is 0 Å². The van der Waals surface area contributed by atoms with Crippen molar-refractivity contribution >= 4 is 18.5 Å². The number of amides is 1. The lowest BCUT2D eigenvalue weighted by atomic mass is 10.1.